The van der Waals surface area contributed by atoms with Gasteiger partial charge >= 0.3 is 0 Å². The average molecular weight is 380 g/mol. The number of aromatic nitrogens is 4. The highest BCUT2D eigenvalue weighted by Gasteiger charge is 2.34. The van der Waals surface area contributed by atoms with Crippen LogP contribution >= 0.6 is 0 Å². The Kier molecular flexibility index (Phi) is 5.24. The van der Waals surface area contributed by atoms with Gasteiger partial charge in [-0.05, 0) is 32.3 Å². The van der Waals surface area contributed by atoms with Gasteiger partial charge in [-0.25, -0.2) is 22.6 Å². The van der Waals surface area contributed by atoms with Crippen LogP contribution in [0.3, 0.4) is 0 Å². The fourth-order valence-electron chi connectivity index (χ4n) is 3.43. The lowest BCUT2D eigenvalue weighted by Gasteiger charge is -2.17. The zero-order valence-corrected chi connectivity index (χ0v) is 16.1. The van der Waals surface area contributed by atoms with Crippen LogP contribution in [0.5, 0.6) is 0 Å². The van der Waals surface area contributed by atoms with E-state index in [1.54, 1.807) is 16.3 Å². The maximum atomic E-state index is 12.5. The average Bonchev–Trinajstić information content (AvgIpc) is 3.23. The van der Waals surface area contributed by atoms with Crippen LogP contribution in [0.25, 0.3) is 5.78 Å². The van der Waals surface area contributed by atoms with Crippen molar-refractivity contribution in [2.75, 3.05) is 19.6 Å². The molecule has 3 heterocycles. The van der Waals surface area contributed by atoms with Crippen molar-refractivity contribution >= 4 is 21.7 Å². The molecule has 26 heavy (non-hydrogen) atoms. The third kappa shape index (κ3) is 3.56. The van der Waals surface area contributed by atoms with Crippen LogP contribution in [0.4, 0.5) is 0 Å². The Labute approximate surface area is 152 Å². The van der Waals surface area contributed by atoms with Crippen molar-refractivity contribution in [3.05, 3.63) is 23.3 Å². The molecule has 1 N–H and O–H groups in total. The Bertz CT molecular complexity index is 923. The summed E-state index contributed by atoms with van der Waals surface area (Å²) in [6.07, 6.45) is 2.79. The summed E-state index contributed by atoms with van der Waals surface area (Å²) in [5.74, 6) is 0.516. The molecule has 2 aromatic rings. The number of sulfonamides is 1. The quantitative estimate of drug-likeness (QED) is 0.767. The maximum Gasteiger partial charge on any atom is 0.252 e. The molecule has 0 radical (unpaired) electrons. The van der Waals surface area contributed by atoms with Crippen molar-refractivity contribution in [2.24, 2.45) is 0 Å². The Morgan fingerprint density at radius 2 is 2.15 bits per heavy atom. The van der Waals surface area contributed by atoms with Gasteiger partial charge in [0.15, 0.2) is 0 Å². The van der Waals surface area contributed by atoms with E-state index >= 15 is 0 Å². The van der Waals surface area contributed by atoms with Crippen LogP contribution in [0.1, 0.15) is 36.7 Å². The molecule has 0 bridgehead atoms. The van der Waals surface area contributed by atoms with Gasteiger partial charge in [0.05, 0.1) is 5.25 Å². The van der Waals surface area contributed by atoms with Gasteiger partial charge in [-0.3, -0.25) is 4.79 Å². The monoisotopic (exact) mass is 380 g/mol. The zero-order valence-electron chi connectivity index (χ0n) is 15.3. The first-order valence-corrected chi connectivity index (χ1v) is 10.3. The van der Waals surface area contributed by atoms with Crippen molar-refractivity contribution < 1.29 is 13.2 Å². The molecule has 1 saturated heterocycles. The molecule has 0 saturated carbocycles. The number of rotatable bonds is 6. The van der Waals surface area contributed by atoms with Crippen LogP contribution in [0, 0.1) is 13.8 Å². The van der Waals surface area contributed by atoms with E-state index in [4.69, 9.17) is 0 Å². The minimum Gasteiger partial charge on any atom is -0.341 e. The lowest BCUT2D eigenvalue weighted by molar-refractivity contribution is -0.130. The van der Waals surface area contributed by atoms with Gasteiger partial charge in [0.1, 0.15) is 6.33 Å². The van der Waals surface area contributed by atoms with E-state index in [0.717, 1.165) is 17.0 Å². The summed E-state index contributed by atoms with van der Waals surface area (Å²) in [6.45, 7) is 6.68. The summed E-state index contributed by atoms with van der Waals surface area (Å²) in [6, 6.07) is 0. The second-order valence-electron chi connectivity index (χ2n) is 6.53. The van der Waals surface area contributed by atoms with E-state index in [2.05, 4.69) is 19.8 Å². The first kappa shape index (κ1) is 18.7. The number of nitrogens with one attached hydrogen (secondary N) is 1. The Morgan fingerprint density at radius 3 is 2.88 bits per heavy atom. The number of carbonyl (C=O) groups excluding carboxylic acids is 1. The molecule has 1 atom stereocenters. The van der Waals surface area contributed by atoms with Crippen molar-refractivity contribution in [3.8, 4) is 0 Å². The van der Waals surface area contributed by atoms with Crippen LogP contribution in [-0.2, 0) is 21.2 Å². The summed E-state index contributed by atoms with van der Waals surface area (Å²) in [5.41, 5.74) is 2.74. The third-order valence-electron chi connectivity index (χ3n) is 4.86. The maximum absolute atomic E-state index is 12.5. The van der Waals surface area contributed by atoms with E-state index in [1.165, 1.54) is 6.33 Å². The summed E-state index contributed by atoms with van der Waals surface area (Å²) < 4.78 is 28.4. The number of hydrogen-bond donors (Lipinski definition) is 1. The van der Waals surface area contributed by atoms with Crippen molar-refractivity contribution in [1.82, 2.24) is 29.2 Å². The fourth-order valence-corrected chi connectivity index (χ4v) is 4.86. The van der Waals surface area contributed by atoms with E-state index < -0.39 is 15.3 Å². The highest BCUT2D eigenvalue weighted by Crippen LogP contribution is 2.19. The number of amides is 1. The van der Waals surface area contributed by atoms with Crippen LogP contribution in [0.15, 0.2) is 6.33 Å². The lowest BCUT2D eigenvalue weighted by Crippen LogP contribution is -2.37. The standard InChI is InChI=1S/C16H24N6O3S/c1-4-19-26(24,25)13-7-8-21(9-13)15(23)6-5-14-11(2)20-16-17-10-18-22(16)12(14)3/h10,13,19H,4-9H2,1-3H3. The molecule has 3 rings (SSSR count). The number of fused-ring (bicyclic) bond motifs is 1. The lowest BCUT2D eigenvalue weighted by atomic mass is 10.1. The molecule has 1 aliphatic heterocycles. The molecule has 2 aromatic heterocycles. The van der Waals surface area contributed by atoms with Gasteiger partial charge in [-0.1, -0.05) is 6.92 Å². The van der Waals surface area contributed by atoms with Crippen LogP contribution < -0.4 is 4.72 Å². The number of aryl methyl sites for hydroxylation is 2. The number of carbonyl (C=O) groups is 1. The van der Waals surface area contributed by atoms with Crippen molar-refractivity contribution in [3.63, 3.8) is 0 Å². The largest absolute Gasteiger partial charge is 0.341 e. The first-order valence-electron chi connectivity index (χ1n) is 8.75. The topological polar surface area (TPSA) is 110 Å². The van der Waals surface area contributed by atoms with Gasteiger partial charge in [-0.2, -0.15) is 10.1 Å². The smallest absolute Gasteiger partial charge is 0.252 e. The third-order valence-corrected chi connectivity index (χ3v) is 6.81. The number of likely N-dealkylation sites (tertiary alicyclic amines) is 1. The van der Waals surface area contributed by atoms with Gasteiger partial charge in [0.25, 0.3) is 5.78 Å². The fraction of sp³-hybridized carbons (Fsp3) is 0.625. The SMILES string of the molecule is CCNS(=O)(=O)C1CCN(C(=O)CCc2c(C)nc3ncnn3c2C)C1. The normalized spacial score (nSPS) is 18.0. The van der Waals surface area contributed by atoms with Crippen LogP contribution in [-0.4, -0.2) is 63.7 Å². The Hall–Kier alpha value is -2.07. The Balaban J connectivity index is 1.65. The molecule has 10 heteroatoms. The molecule has 0 aliphatic carbocycles. The van der Waals surface area contributed by atoms with Gasteiger partial charge in [0, 0.05) is 37.4 Å². The predicted octanol–water partition coefficient (Wildman–Crippen LogP) is 0.214. The highest BCUT2D eigenvalue weighted by atomic mass is 32.2. The molecule has 1 fully saturated rings. The summed E-state index contributed by atoms with van der Waals surface area (Å²) in [7, 11) is -3.35. The number of hydrogen-bond acceptors (Lipinski definition) is 6. The number of nitrogens with zero attached hydrogens (tertiary/aromatic N) is 5. The van der Waals surface area contributed by atoms with E-state index in [1.807, 2.05) is 13.8 Å². The molecule has 142 valence electrons. The minimum absolute atomic E-state index is 0.0308. The summed E-state index contributed by atoms with van der Waals surface area (Å²) >= 11 is 0. The molecule has 0 spiro atoms. The van der Waals surface area contributed by atoms with Gasteiger partial charge < -0.3 is 4.90 Å². The highest BCUT2D eigenvalue weighted by molar-refractivity contribution is 7.90. The minimum atomic E-state index is -3.35. The second kappa shape index (κ2) is 7.28. The van der Waals surface area contributed by atoms with Gasteiger partial charge in [-0.15, -0.1) is 0 Å². The molecular formula is C16H24N6O3S. The van der Waals surface area contributed by atoms with Gasteiger partial charge in [0.2, 0.25) is 15.9 Å². The zero-order chi connectivity index (χ0) is 18.9. The predicted molar refractivity (Wildman–Crippen MR) is 96.2 cm³/mol. The first-order chi connectivity index (χ1) is 12.3. The molecule has 1 aliphatic rings. The molecular weight excluding hydrogens is 356 g/mol. The summed E-state index contributed by atoms with van der Waals surface area (Å²) in [4.78, 5) is 22.7. The van der Waals surface area contributed by atoms with E-state index in [-0.39, 0.29) is 12.5 Å². The van der Waals surface area contributed by atoms with Crippen molar-refractivity contribution in [2.45, 2.75) is 45.3 Å². The van der Waals surface area contributed by atoms with E-state index in [0.29, 0.717) is 38.1 Å². The second-order valence-corrected chi connectivity index (χ2v) is 8.57. The molecule has 1 amide bonds. The van der Waals surface area contributed by atoms with Crippen molar-refractivity contribution in [1.29, 1.82) is 0 Å². The van der Waals surface area contributed by atoms with Crippen LogP contribution in [0.2, 0.25) is 0 Å². The Morgan fingerprint density at radius 1 is 1.38 bits per heavy atom. The molecule has 1 unspecified atom stereocenters. The van der Waals surface area contributed by atoms with E-state index in [9.17, 15) is 13.2 Å². The molecule has 9 nitrogen and oxygen atoms in total. The summed E-state index contributed by atoms with van der Waals surface area (Å²) in [5, 5.41) is 3.63. The molecule has 0 aromatic carbocycles.